The zero-order chi connectivity index (χ0) is 20.7. The molecule has 0 spiro atoms. The zero-order valence-electron chi connectivity index (χ0n) is 16.1. The van der Waals surface area contributed by atoms with Crippen LogP contribution in [0.15, 0.2) is 24.4 Å². The van der Waals surface area contributed by atoms with E-state index in [1.54, 1.807) is 18.2 Å². The summed E-state index contributed by atoms with van der Waals surface area (Å²) in [7, 11) is 1.50. The van der Waals surface area contributed by atoms with Gasteiger partial charge in [-0.3, -0.25) is 4.79 Å². The number of nitrogens with one attached hydrogen (secondary N) is 3. The predicted molar refractivity (Wildman–Crippen MR) is 111 cm³/mol. The lowest BCUT2D eigenvalue weighted by Gasteiger charge is -2.18. The van der Waals surface area contributed by atoms with Crippen LogP contribution in [0.4, 0.5) is 15.6 Å². The zero-order valence-corrected chi connectivity index (χ0v) is 16.9. The van der Waals surface area contributed by atoms with Crippen LogP contribution in [0.25, 0.3) is 0 Å². The Labute approximate surface area is 167 Å². The fraction of sp³-hybridized carbons (Fsp3) is 0.389. The number of benzene rings is 1. The highest BCUT2D eigenvalue weighted by Crippen LogP contribution is 2.34. The molecule has 7 N–H and O–H groups in total. The number of hydrogen-bond donors (Lipinski definition) is 5. The Kier molecular flexibility index (Phi) is 7.59. The van der Waals surface area contributed by atoms with Crippen molar-refractivity contribution in [1.82, 2.24) is 15.6 Å². The Balaban J connectivity index is 2.26. The molecule has 1 heterocycles. The van der Waals surface area contributed by atoms with Crippen LogP contribution in [0.2, 0.25) is 0 Å². The molecule has 1 aromatic heterocycles. The minimum Gasteiger partial charge on any atom is -0.445 e. The van der Waals surface area contributed by atoms with Crippen LogP contribution in [-0.4, -0.2) is 30.0 Å². The van der Waals surface area contributed by atoms with Gasteiger partial charge in [0.05, 0.1) is 6.20 Å². The summed E-state index contributed by atoms with van der Waals surface area (Å²) < 4.78 is 5.79. The van der Waals surface area contributed by atoms with Crippen LogP contribution in [-0.2, 0) is 4.79 Å². The molecule has 3 amide bonds. The largest absolute Gasteiger partial charge is 0.445 e. The highest BCUT2D eigenvalue weighted by molar-refractivity contribution is 7.17. The first-order valence-electron chi connectivity index (χ1n) is 8.95. The van der Waals surface area contributed by atoms with Gasteiger partial charge in [-0.1, -0.05) is 25.2 Å². The lowest BCUT2D eigenvalue weighted by Crippen LogP contribution is -2.37. The van der Waals surface area contributed by atoms with Gasteiger partial charge < -0.3 is 32.2 Å². The summed E-state index contributed by atoms with van der Waals surface area (Å²) in [5.41, 5.74) is 12.6. The van der Waals surface area contributed by atoms with Crippen LogP contribution in [0.3, 0.4) is 0 Å². The molecule has 1 unspecified atom stereocenters. The molecule has 10 heteroatoms. The van der Waals surface area contributed by atoms with E-state index in [2.05, 4.69) is 20.9 Å². The average Bonchev–Trinajstić information content (AvgIpc) is 3.10. The van der Waals surface area contributed by atoms with Gasteiger partial charge in [0.2, 0.25) is 11.0 Å². The number of likely N-dealkylation sites (N-methyl/N-ethyl adjacent to an activating group) is 1. The number of nitrogen functional groups attached to an aromatic ring is 1. The maximum Gasteiger partial charge on any atom is 0.319 e. The molecule has 0 fully saturated rings. The summed E-state index contributed by atoms with van der Waals surface area (Å²) in [4.78, 5) is 28.2. The highest BCUT2D eigenvalue weighted by Gasteiger charge is 2.21. The quantitative estimate of drug-likeness (QED) is 0.456. The third-order valence-electron chi connectivity index (χ3n) is 4.17. The molecular formula is C18H26N6O3S. The second-order valence-corrected chi connectivity index (χ2v) is 7.10. The van der Waals surface area contributed by atoms with Crippen molar-refractivity contribution in [3.8, 4) is 10.8 Å². The van der Waals surface area contributed by atoms with Gasteiger partial charge in [0.25, 0.3) is 0 Å². The number of nitrogens with zero attached hydrogens (tertiary/aromatic N) is 1. The molecular weight excluding hydrogens is 380 g/mol. The Morgan fingerprint density at radius 2 is 2.00 bits per heavy atom. The number of hydrogen-bond acceptors (Lipinski definition) is 7. The van der Waals surface area contributed by atoms with Gasteiger partial charge in [0, 0.05) is 24.3 Å². The van der Waals surface area contributed by atoms with E-state index in [9.17, 15) is 9.59 Å². The topological polar surface area (TPSA) is 144 Å². The van der Waals surface area contributed by atoms with Crippen molar-refractivity contribution in [3.05, 3.63) is 30.0 Å². The van der Waals surface area contributed by atoms with Gasteiger partial charge in [-0.2, -0.15) is 0 Å². The van der Waals surface area contributed by atoms with Crippen LogP contribution >= 0.6 is 11.3 Å². The Bertz CT molecular complexity index is 821. The number of thiazole rings is 1. The maximum absolute atomic E-state index is 12.2. The van der Waals surface area contributed by atoms with E-state index in [4.69, 9.17) is 16.2 Å². The second-order valence-electron chi connectivity index (χ2n) is 6.08. The summed E-state index contributed by atoms with van der Waals surface area (Å²) in [6.07, 6.45) is 3.16. The first-order valence-corrected chi connectivity index (χ1v) is 9.77. The lowest BCUT2D eigenvalue weighted by atomic mass is 10.0. The normalized spacial score (nSPS) is 11.8. The molecule has 0 aliphatic heterocycles. The molecule has 0 radical (unpaired) electrons. The van der Waals surface area contributed by atoms with Crippen LogP contribution < -0.4 is 32.2 Å². The van der Waals surface area contributed by atoms with E-state index in [1.807, 2.05) is 13.8 Å². The highest BCUT2D eigenvalue weighted by atomic mass is 32.1. The molecule has 28 heavy (non-hydrogen) atoms. The molecule has 152 valence electrons. The number of rotatable bonds is 8. The molecule has 0 bridgehead atoms. The van der Waals surface area contributed by atoms with E-state index in [1.165, 1.54) is 24.6 Å². The van der Waals surface area contributed by atoms with Crippen molar-refractivity contribution >= 4 is 34.1 Å². The number of nitrogens with two attached hydrogens (primary N) is 2. The molecule has 0 saturated heterocycles. The van der Waals surface area contributed by atoms with Crippen molar-refractivity contribution in [3.63, 3.8) is 0 Å². The van der Waals surface area contributed by atoms with Crippen LogP contribution in [0.5, 0.6) is 10.8 Å². The fourth-order valence-corrected chi connectivity index (χ4v) is 3.08. The van der Waals surface area contributed by atoms with E-state index >= 15 is 0 Å². The molecule has 1 aromatic carbocycles. The number of amides is 3. The van der Waals surface area contributed by atoms with E-state index in [0.29, 0.717) is 27.2 Å². The first kappa shape index (κ1) is 21.5. The van der Waals surface area contributed by atoms with Crippen molar-refractivity contribution in [2.45, 2.75) is 38.8 Å². The monoisotopic (exact) mass is 406 g/mol. The Morgan fingerprint density at radius 1 is 1.29 bits per heavy atom. The SMILES string of the molecule is CCC(CC)NC(=O)Nc1ccc(Oc2cnc(N)s2)c(C(N)C(=O)NC)c1. The van der Waals surface area contributed by atoms with Crippen LogP contribution in [0, 0.1) is 0 Å². The van der Waals surface area contributed by atoms with Crippen molar-refractivity contribution in [2.75, 3.05) is 18.1 Å². The van der Waals surface area contributed by atoms with E-state index in [0.717, 1.165) is 12.8 Å². The molecule has 9 nitrogen and oxygen atoms in total. The number of anilines is 2. The Hall–Kier alpha value is -2.85. The number of aromatic nitrogens is 1. The van der Waals surface area contributed by atoms with Gasteiger partial charge in [-0.15, -0.1) is 0 Å². The maximum atomic E-state index is 12.2. The molecule has 1 atom stereocenters. The van der Waals surface area contributed by atoms with Gasteiger partial charge in [-0.25, -0.2) is 9.78 Å². The average molecular weight is 407 g/mol. The summed E-state index contributed by atoms with van der Waals surface area (Å²) in [6.45, 7) is 4.01. The Morgan fingerprint density at radius 3 is 2.57 bits per heavy atom. The summed E-state index contributed by atoms with van der Waals surface area (Å²) in [5, 5.41) is 9.00. The first-order chi connectivity index (χ1) is 13.4. The van der Waals surface area contributed by atoms with Crippen molar-refractivity contribution < 1.29 is 14.3 Å². The second kappa shape index (κ2) is 9.90. The number of urea groups is 1. The number of carbonyl (C=O) groups is 2. The molecule has 2 rings (SSSR count). The smallest absolute Gasteiger partial charge is 0.319 e. The third-order valence-corrected chi connectivity index (χ3v) is 4.87. The van der Waals surface area contributed by atoms with E-state index in [-0.39, 0.29) is 18.0 Å². The minimum atomic E-state index is -0.978. The van der Waals surface area contributed by atoms with Gasteiger partial charge in [-0.05, 0) is 31.0 Å². The van der Waals surface area contributed by atoms with Gasteiger partial charge in [0.1, 0.15) is 11.8 Å². The summed E-state index contributed by atoms with van der Waals surface area (Å²) in [6, 6.07) is 3.72. The van der Waals surface area contributed by atoms with E-state index < -0.39 is 6.04 Å². The summed E-state index contributed by atoms with van der Waals surface area (Å²) >= 11 is 1.17. The molecule has 0 aliphatic rings. The predicted octanol–water partition coefficient (Wildman–Crippen LogP) is 2.57. The van der Waals surface area contributed by atoms with Crippen molar-refractivity contribution in [2.24, 2.45) is 5.73 Å². The molecule has 0 saturated carbocycles. The standard InChI is InChI=1S/C18H26N6O3S/c1-4-10(5-2)23-18(26)24-11-6-7-13(27-14-9-22-17(20)28-14)12(8-11)15(19)16(25)21-3/h6-10,15H,4-5,19H2,1-3H3,(H2,20,22)(H,21,25)(H2,23,24,26). The van der Waals surface area contributed by atoms with Crippen molar-refractivity contribution in [1.29, 1.82) is 0 Å². The van der Waals surface area contributed by atoms with Gasteiger partial charge >= 0.3 is 6.03 Å². The van der Waals surface area contributed by atoms with Gasteiger partial charge in [0.15, 0.2) is 5.13 Å². The molecule has 0 aliphatic carbocycles. The number of ether oxygens (including phenoxy) is 1. The fourth-order valence-electron chi connectivity index (χ4n) is 2.53. The number of carbonyl (C=O) groups excluding carboxylic acids is 2. The minimum absolute atomic E-state index is 0.0898. The third kappa shape index (κ3) is 5.57. The molecule has 2 aromatic rings. The summed E-state index contributed by atoms with van der Waals surface area (Å²) in [5.74, 6) is -0.00185. The lowest BCUT2D eigenvalue weighted by molar-refractivity contribution is -0.122. The van der Waals surface area contributed by atoms with Crippen LogP contribution in [0.1, 0.15) is 38.3 Å².